The number of hydrogen-bond acceptors (Lipinski definition) is 3. The van der Waals surface area contributed by atoms with E-state index in [1.54, 1.807) is 12.1 Å². The fraction of sp³-hybridized carbons (Fsp3) is 0.111. The predicted octanol–water partition coefficient (Wildman–Crippen LogP) is 1.44. The molecule has 0 aliphatic heterocycles. The van der Waals surface area contributed by atoms with Crippen molar-refractivity contribution in [2.45, 2.75) is 0 Å². The third-order valence-electron chi connectivity index (χ3n) is 1.40. The van der Waals surface area contributed by atoms with E-state index in [2.05, 4.69) is 26.9 Å². The Kier molecular flexibility index (Phi) is 3.71. The standard InChI is InChI=1S/C9H6N4O2/c10-13-11-6-2-4-7-3-1-5-8(12-7)9(14)15/h1,3,5H,6H2,(H,14,15). The molecule has 6 nitrogen and oxygen atoms in total. The van der Waals surface area contributed by atoms with Crippen LogP contribution in [0.15, 0.2) is 23.3 Å². The molecule has 0 aromatic carbocycles. The smallest absolute Gasteiger partial charge is 0.354 e. The van der Waals surface area contributed by atoms with Crippen LogP contribution < -0.4 is 0 Å². The fourth-order valence-corrected chi connectivity index (χ4v) is 0.821. The number of hydrogen-bond donors (Lipinski definition) is 1. The molecule has 0 fully saturated rings. The largest absolute Gasteiger partial charge is 0.477 e. The van der Waals surface area contributed by atoms with Crippen LogP contribution in [0.2, 0.25) is 0 Å². The van der Waals surface area contributed by atoms with E-state index >= 15 is 0 Å². The van der Waals surface area contributed by atoms with Crippen molar-refractivity contribution in [3.63, 3.8) is 0 Å². The van der Waals surface area contributed by atoms with Gasteiger partial charge in [0, 0.05) is 4.91 Å². The molecule has 0 aliphatic rings. The third-order valence-corrected chi connectivity index (χ3v) is 1.40. The van der Waals surface area contributed by atoms with Crippen molar-refractivity contribution >= 4 is 5.97 Å². The molecule has 15 heavy (non-hydrogen) atoms. The summed E-state index contributed by atoms with van der Waals surface area (Å²) in [7, 11) is 0. The molecule has 1 heterocycles. The number of carboxylic acid groups (broad SMARTS) is 1. The molecule has 0 aliphatic carbocycles. The molecule has 1 aromatic heterocycles. The topological polar surface area (TPSA) is 99.0 Å². The van der Waals surface area contributed by atoms with Crippen molar-refractivity contribution in [3.05, 3.63) is 40.0 Å². The summed E-state index contributed by atoms with van der Waals surface area (Å²) in [5.41, 5.74) is 8.25. The lowest BCUT2D eigenvalue weighted by atomic mass is 10.3. The maximum atomic E-state index is 10.6. The minimum atomic E-state index is -1.10. The first-order chi connectivity index (χ1) is 7.24. The number of pyridine rings is 1. The lowest BCUT2D eigenvalue weighted by Crippen LogP contribution is -2.00. The average molecular weight is 202 g/mol. The van der Waals surface area contributed by atoms with Crippen LogP contribution in [0.3, 0.4) is 0 Å². The highest BCUT2D eigenvalue weighted by Gasteiger charge is 2.02. The first kappa shape index (κ1) is 10.6. The van der Waals surface area contributed by atoms with Gasteiger partial charge in [0.2, 0.25) is 0 Å². The molecule has 0 saturated carbocycles. The van der Waals surface area contributed by atoms with E-state index in [0.29, 0.717) is 5.69 Å². The minimum Gasteiger partial charge on any atom is -0.477 e. The van der Waals surface area contributed by atoms with E-state index in [0.717, 1.165) is 0 Å². The molecule has 0 unspecified atom stereocenters. The average Bonchev–Trinajstić information content (AvgIpc) is 2.25. The van der Waals surface area contributed by atoms with Gasteiger partial charge in [0.1, 0.15) is 11.4 Å². The monoisotopic (exact) mass is 202 g/mol. The van der Waals surface area contributed by atoms with Crippen LogP contribution in [0.5, 0.6) is 0 Å². The van der Waals surface area contributed by atoms with Crippen molar-refractivity contribution in [3.8, 4) is 11.8 Å². The highest BCUT2D eigenvalue weighted by molar-refractivity contribution is 5.85. The van der Waals surface area contributed by atoms with Gasteiger partial charge in [0.25, 0.3) is 0 Å². The summed E-state index contributed by atoms with van der Waals surface area (Å²) in [6.07, 6.45) is 0. The van der Waals surface area contributed by atoms with Gasteiger partial charge in [-0.1, -0.05) is 17.1 Å². The number of aromatic nitrogens is 1. The van der Waals surface area contributed by atoms with Gasteiger partial charge in [-0.15, -0.1) is 0 Å². The van der Waals surface area contributed by atoms with Crippen LogP contribution in [-0.2, 0) is 0 Å². The maximum absolute atomic E-state index is 10.6. The van der Waals surface area contributed by atoms with Gasteiger partial charge >= 0.3 is 5.97 Å². The van der Waals surface area contributed by atoms with Gasteiger partial charge in [-0.3, -0.25) is 0 Å². The molecule has 0 spiro atoms. The summed E-state index contributed by atoms with van der Waals surface area (Å²) in [6, 6.07) is 4.50. The van der Waals surface area contributed by atoms with Crippen molar-refractivity contribution in [1.29, 1.82) is 0 Å². The van der Waals surface area contributed by atoms with Gasteiger partial charge in [-0.25, -0.2) is 9.78 Å². The first-order valence-corrected chi connectivity index (χ1v) is 3.94. The third kappa shape index (κ3) is 3.38. The van der Waals surface area contributed by atoms with Crippen LogP contribution >= 0.6 is 0 Å². The van der Waals surface area contributed by atoms with Crippen molar-refractivity contribution in [2.75, 3.05) is 6.54 Å². The van der Waals surface area contributed by atoms with Crippen molar-refractivity contribution < 1.29 is 9.90 Å². The predicted molar refractivity (Wildman–Crippen MR) is 52.1 cm³/mol. The first-order valence-electron chi connectivity index (χ1n) is 3.94. The Hall–Kier alpha value is -2.51. The Morgan fingerprint density at radius 1 is 1.67 bits per heavy atom. The number of azide groups is 1. The molecule has 6 heteroatoms. The van der Waals surface area contributed by atoms with E-state index in [-0.39, 0.29) is 12.2 Å². The normalized spacial score (nSPS) is 8.27. The summed E-state index contributed by atoms with van der Waals surface area (Å²) in [5.74, 6) is 4.03. The molecule has 0 radical (unpaired) electrons. The molecule has 0 saturated heterocycles. The maximum Gasteiger partial charge on any atom is 0.354 e. The second-order valence-electron chi connectivity index (χ2n) is 2.40. The van der Waals surface area contributed by atoms with Gasteiger partial charge in [0.05, 0.1) is 6.54 Å². The molecular weight excluding hydrogens is 196 g/mol. The second-order valence-corrected chi connectivity index (χ2v) is 2.40. The van der Waals surface area contributed by atoms with Gasteiger partial charge in [-0.2, -0.15) is 0 Å². The van der Waals surface area contributed by atoms with E-state index in [9.17, 15) is 4.79 Å². The summed E-state index contributed by atoms with van der Waals surface area (Å²) in [6.45, 7) is 0.0372. The molecule has 74 valence electrons. The zero-order chi connectivity index (χ0) is 11.1. The zero-order valence-electron chi connectivity index (χ0n) is 7.58. The van der Waals surface area contributed by atoms with E-state index in [1.165, 1.54) is 6.07 Å². The summed E-state index contributed by atoms with van der Waals surface area (Å²) < 4.78 is 0. The van der Waals surface area contributed by atoms with E-state index in [1.807, 2.05) is 0 Å². The lowest BCUT2D eigenvalue weighted by Gasteiger charge is -1.92. The number of aromatic carboxylic acids is 1. The number of rotatable bonds is 2. The molecule has 1 rings (SSSR count). The van der Waals surface area contributed by atoms with Crippen molar-refractivity contribution in [2.24, 2.45) is 5.11 Å². The summed E-state index contributed by atoms with van der Waals surface area (Å²) >= 11 is 0. The number of nitrogens with zero attached hydrogens (tertiary/aromatic N) is 4. The van der Waals surface area contributed by atoms with Crippen molar-refractivity contribution in [1.82, 2.24) is 4.98 Å². The van der Waals surface area contributed by atoms with Gasteiger partial charge < -0.3 is 5.11 Å². The quantitative estimate of drug-likeness (QED) is 0.340. The van der Waals surface area contributed by atoms with E-state index < -0.39 is 5.97 Å². The molecule has 0 amide bonds. The summed E-state index contributed by atoms with van der Waals surface area (Å²) in [4.78, 5) is 16.8. The Morgan fingerprint density at radius 3 is 3.13 bits per heavy atom. The SMILES string of the molecule is [N-]=[N+]=NCC#Cc1cccc(C(=O)O)n1. The molecule has 0 atom stereocenters. The van der Waals surface area contributed by atoms with Crippen LogP contribution in [0.25, 0.3) is 10.4 Å². The highest BCUT2D eigenvalue weighted by atomic mass is 16.4. The fourth-order valence-electron chi connectivity index (χ4n) is 0.821. The summed E-state index contributed by atoms with van der Waals surface area (Å²) in [5, 5.41) is 11.8. The number of carboxylic acids is 1. The van der Waals surface area contributed by atoms with Crippen LogP contribution in [0.4, 0.5) is 0 Å². The number of carbonyl (C=O) groups is 1. The zero-order valence-corrected chi connectivity index (χ0v) is 7.58. The van der Waals surface area contributed by atoms with Crippen LogP contribution in [0, 0.1) is 11.8 Å². The highest BCUT2D eigenvalue weighted by Crippen LogP contribution is 1.97. The minimum absolute atomic E-state index is 0.0372. The molecule has 1 N–H and O–H groups in total. The second kappa shape index (κ2) is 5.27. The van der Waals surface area contributed by atoms with Crippen LogP contribution in [0.1, 0.15) is 16.2 Å². The van der Waals surface area contributed by atoms with Gasteiger partial charge in [-0.05, 0) is 23.6 Å². The molecular formula is C9H6N4O2. The van der Waals surface area contributed by atoms with Gasteiger partial charge in [0.15, 0.2) is 0 Å². The Morgan fingerprint density at radius 2 is 2.47 bits per heavy atom. The lowest BCUT2D eigenvalue weighted by molar-refractivity contribution is 0.0690. The Balaban J connectivity index is 2.84. The molecule has 1 aromatic rings. The molecule has 0 bridgehead atoms. The van der Waals surface area contributed by atoms with E-state index in [4.69, 9.17) is 10.6 Å². The van der Waals surface area contributed by atoms with Crippen LogP contribution in [-0.4, -0.2) is 22.6 Å². The Bertz CT molecular complexity index is 480. The Labute approximate surface area is 85.2 Å².